The monoisotopic (exact) mass is 294 g/mol. The fourth-order valence-corrected chi connectivity index (χ4v) is 1.63. The van der Waals surface area contributed by atoms with Crippen molar-refractivity contribution < 1.29 is 13.9 Å². The first-order chi connectivity index (χ1) is 8.19. The second-order valence-corrected chi connectivity index (χ2v) is 4.28. The summed E-state index contributed by atoms with van der Waals surface area (Å²) >= 11 is 3.17. The van der Waals surface area contributed by atoms with Gasteiger partial charge in [-0.3, -0.25) is 4.79 Å². The maximum absolute atomic E-state index is 13.5. The van der Waals surface area contributed by atoms with Crippen LogP contribution in [0.25, 0.3) is 0 Å². The van der Waals surface area contributed by atoms with Crippen LogP contribution in [0.5, 0.6) is 11.5 Å². The minimum absolute atomic E-state index is 0.145. The van der Waals surface area contributed by atoms with Gasteiger partial charge in [-0.05, 0) is 42.5 Å². The number of aldehydes is 1. The molecule has 0 unspecified atom stereocenters. The van der Waals surface area contributed by atoms with Gasteiger partial charge in [0.1, 0.15) is 12.0 Å². The fraction of sp³-hybridized carbons (Fsp3) is 0. The number of carbonyl (C=O) groups is 1. The van der Waals surface area contributed by atoms with E-state index in [4.69, 9.17) is 4.74 Å². The van der Waals surface area contributed by atoms with Gasteiger partial charge in [0.25, 0.3) is 0 Å². The van der Waals surface area contributed by atoms with Crippen LogP contribution in [-0.2, 0) is 0 Å². The molecule has 0 aliphatic heterocycles. The SMILES string of the molecule is O=Cc1ccc(Oc2ccc(Br)cc2F)cc1. The van der Waals surface area contributed by atoms with Crippen molar-refractivity contribution in [1.29, 1.82) is 0 Å². The largest absolute Gasteiger partial charge is 0.454 e. The quantitative estimate of drug-likeness (QED) is 0.793. The molecule has 0 aromatic heterocycles. The molecule has 0 amide bonds. The highest BCUT2D eigenvalue weighted by Crippen LogP contribution is 2.26. The second-order valence-electron chi connectivity index (χ2n) is 3.36. The minimum atomic E-state index is -0.446. The molecular weight excluding hydrogens is 287 g/mol. The summed E-state index contributed by atoms with van der Waals surface area (Å²) < 4.78 is 19.5. The maximum Gasteiger partial charge on any atom is 0.166 e. The van der Waals surface area contributed by atoms with E-state index in [0.29, 0.717) is 15.8 Å². The van der Waals surface area contributed by atoms with Crippen LogP contribution in [0.3, 0.4) is 0 Å². The standard InChI is InChI=1S/C13H8BrFO2/c14-10-3-6-13(12(15)7-10)17-11-4-1-9(8-16)2-5-11/h1-8H. The number of carbonyl (C=O) groups excluding carboxylic acids is 1. The Kier molecular flexibility index (Phi) is 3.54. The van der Waals surface area contributed by atoms with E-state index in [9.17, 15) is 9.18 Å². The van der Waals surface area contributed by atoms with Crippen LogP contribution in [0.2, 0.25) is 0 Å². The van der Waals surface area contributed by atoms with E-state index in [1.807, 2.05) is 0 Å². The zero-order valence-corrected chi connectivity index (χ0v) is 10.3. The fourth-order valence-electron chi connectivity index (χ4n) is 1.30. The lowest BCUT2D eigenvalue weighted by Crippen LogP contribution is -1.88. The number of hydrogen-bond donors (Lipinski definition) is 0. The highest BCUT2D eigenvalue weighted by Gasteiger charge is 2.05. The molecule has 0 heterocycles. The van der Waals surface area contributed by atoms with Crippen molar-refractivity contribution in [2.45, 2.75) is 0 Å². The van der Waals surface area contributed by atoms with E-state index in [1.165, 1.54) is 12.1 Å². The topological polar surface area (TPSA) is 26.3 Å². The van der Waals surface area contributed by atoms with E-state index in [2.05, 4.69) is 15.9 Å². The van der Waals surface area contributed by atoms with E-state index in [1.54, 1.807) is 30.3 Å². The molecule has 2 aromatic carbocycles. The summed E-state index contributed by atoms with van der Waals surface area (Å²) in [5.41, 5.74) is 0.550. The second kappa shape index (κ2) is 5.10. The van der Waals surface area contributed by atoms with E-state index in [-0.39, 0.29) is 5.75 Å². The van der Waals surface area contributed by atoms with Crippen molar-refractivity contribution in [2.24, 2.45) is 0 Å². The molecule has 0 spiro atoms. The first-order valence-corrected chi connectivity index (χ1v) is 5.66. The zero-order valence-electron chi connectivity index (χ0n) is 8.69. The molecule has 0 saturated heterocycles. The molecule has 0 bridgehead atoms. The Bertz CT molecular complexity index is 538. The lowest BCUT2D eigenvalue weighted by Gasteiger charge is -2.06. The van der Waals surface area contributed by atoms with Gasteiger partial charge in [0, 0.05) is 10.0 Å². The predicted molar refractivity (Wildman–Crippen MR) is 66.0 cm³/mol. The van der Waals surface area contributed by atoms with Crippen LogP contribution < -0.4 is 4.74 Å². The Balaban J connectivity index is 2.22. The molecule has 86 valence electrons. The maximum atomic E-state index is 13.5. The predicted octanol–water partition coefficient (Wildman–Crippen LogP) is 4.19. The lowest BCUT2D eigenvalue weighted by molar-refractivity contribution is 0.112. The lowest BCUT2D eigenvalue weighted by atomic mass is 10.2. The summed E-state index contributed by atoms with van der Waals surface area (Å²) in [5, 5.41) is 0. The van der Waals surface area contributed by atoms with Crippen molar-refractivity contribution in [3.8, 4) is 11.5 Å². The van der Waals surface area contributed by atoms with Crippen LogP contribution in [0, 0.1) is 5.82 Å². The average molecular weight is 295 g/mol. The molecule has 0 atom stereocenters. The molecule has 0 aliphatic rings. The van der Waals surface area contributed by atoms with Crippen molar-refractivity contribution in [1.82, 2.24) is 0 Å². The van der Waals surface area contributed by atoms with E-state index in [0.717, 1.165) is 6.29 Å². The van der Waals surface area contributed by atoms with Crippen LogP contribution in [0.15, 0.2) is 46.9 Å². The molecule has 2 nitrogen and oxygen atoms in total. The third kappa shape index (κ3) is 2.91. The summed E-state index contributed by atoms with van der Waals surface area (Å²) in [5.74, 6) is 0.183. The van der Waals surface area contributed by atoms with Gasteiger partial charge in [0.05, 0.1) is 0 Å². The minimum Gasteiger partial charge on any atom is -0.454 e. The molecule has 0 radical (unpaired) electrons. The summed E-state index contributed by atoms with van der Waals surface area (Å²) in [6.07, 6.45) is 0.740. The van der Waals surface area contributed by atoms with E-state index < -0.39 is 5.82 Å². The van der Waals surface area contributed by atoms with Gasteiger partial charge in [0.2, 0.25) is 0 Å². The van der Waals surface area contributed by atoms with Gasteiger partial charge in [-0.2, -0.15) is 0 Å². The molecule has 0 aliphatic carbocycles. The van der Waals surface area contributed by atoms with Gasteiger partial charge in [-0.15, -0.1) is 0 Å². The zero-order chi connectivity index (χ0) is 12.3. The third-order valence-electron chi connectivity index (χ3n) is 2.14. The Hall–Kier alpha value is -1.68. The molecular formula is C13H8BrFO2. The Morgan fingerprint density at radius 2 is 1.82 bits per heavy atom. The number of ether oxygens (including phenoxy) is 1. The number of rotatable bonds is 3. The molecule has 17 heavy (non-hydrogen) atoms. The normalized spacial score (nSPS) is 10.0. The third-order valence-corrected chi connectivity index (χ3v) is 2.63. The highest BCUT2D eigenvalue weighted by molar-refractivity contribution is 9.10. The highest BCUT2D eigenvalue weighted by atomic mass is 79.9. The molecule has 0 fully saturated rings. The van der Waals surface area contributed by atoms with Crippen LogP contribution in [0.4, 0.5) is 4.39 Å². The first-order valence-electron chi connectivity index (χ1n) is 4.87. The molecule has 4 heteroatoms. The average Bonchev–Trinajstić information content (AvgIpc) is 2.34. The first kappa shape index (κ1) is 11.8. The number of benzene rings is 2. The van der Waals surface area contributed by atoms with Gasteiger partial charge in [0.15, 0.2) is 11.6 Å². The summed E-state index contributed by atoms with van der Waals surface area (Å²) in [6.45, 7) is 0. The molecule has 2 aromatic rings. The number of halogens is 2. The van der Waals surface area contributed by atoms with E-state index >= 15 is 0 Å². The Morgan fingerprint density at radius 3 is 2.41 bits per heavy atom. The smallest absolute Gasteiger partial charge is 0.166 e. The van der Waals surface area contributed by atoms with Crippen LogP contribution in [0.1, 0.15) is 10.4 Å². The summed E-state index contributed by atoms with van der Waals surface area (Å²) in [6, 6.07) is 11.0. The molecule has 2 rings (SSSR count). The Morgan fingerprint density at radius 1 is 1.12 bits per heavy atom. The van der Waals surface area contributed by atoms with Gasteiger partial charge in [-0.1, -0.05) is 15.9 Å². The molecule has 0 saturated carbocycles. The van der Waals surface area contributed by atoms with Crippen molar-refractivity contribution in [3.05, 3.63) is 58.3 Å². The number of hydrogen-bond acceptors (Lipinski definition) is 2. The summed E-state index contributed by atoms with van der Waals surface area (Å²) in [4.78, 5) is 10.5. The summed E-state index contributed by atoms with van der Waals surface area (Å²) in [7, 11) is 0. The molecule has 0 N–H and O–H groups in total. The van der Waals surface area contributed by atoms with Gasteiger partial charge in [-0.25, -0.2) is 4.39 Å². The van der Waals surface area contributed by atoms with Crippen molar-refractivity contribution in [3.63, 3.8) is 0 Å². The van der Waals surface area contributed by atoms with Crippen molar-refractivity contribution >= 4 is 22.2 Å². The van der Waals surface area contributed by atoms with Crippen molar-refractivity contribution in [2.75, 3.05) is 0 Å². The van der Waals surface area contributed by atoms with Gasteiger partial charge >= 0.3 is 0 Å². The van der Waals surface area contributed by atoms with Gasteiger partial charge < -0.3 is 4.74 Å². The van der Waals surface area contributed by atoms with Crippen LogP contribution >= 0.6 is 15.9 Å². The van der Waals surface area contributed by atoms with Crippen LogP contribution in [-0.4, -0.2) is 6.29 Å². The Labute approximate surface area is 106 Å².